The van der Waals surface area contributed by atoms with Crippen LogP contribution in [0.15, 0.2) is 71.6 Å². The first-order valence-corrected chi connectivity index (χ1v) is 11.0. The van der Waals surface area contributed by atoms with E-state index in [-0.39, 0.29) is 29.7 Å². The number of benzene rings is 3. The first-order chi connectivity index (χ1) is 15.3. The van der Waals surface area contributed by atoms with Crippen molar-refractivity contribution in [3.05, 3.63) is 93.0 Å². The topological polar surface area (TPSA) is 101 Å². The molecular weight excluding hydrogens is 450 g/mol. The van der Waals surface area contributed by atoms with Crippen LogP contribution in [-0.4, -0.2) is 22.5 Å². The number of carbonyl (C=O) groups is 2. The number of aryl methyl sites for hydroxylation is 1. The van der Waals surface area contributed by atoms with Gasteiger partial charge in [0, 0.05) is 27.7 Å². The Hall–Kier alpha value is -3.36. The molecule has 0 saturated carbocycles. The maximum atomic E-state index is 12.3. The predicted octanol–water partition coefficient (Wildman–Crippen LogP) is 5.47. The van der Waals surface area contributed by atoms with E-state index in [9.17, 15) is 19.7 Å². The van der Waals surface area contributed by atoms with E-state index in [4.69, 9.17) is 11.6 Å². The van der Waals surface area contributed by atoms with Crippen LogP contribution in [-0.2, 0) is 16.0 Å². The van der Waals surface area contributed by atoms with Gasteiger partial charge in [-0.25, -0.2) is 0 Å². The van der Waals surface area contributed by atoms with E-state index in [2.05, 4.69) is 10.6 Å². The summed E-state index contributed by atoms with van der Waals surface area (Å²) in [5, 5.41) is 17.1. The fraction of sp³-hybridized carbons (Fsp3) is 0.130. The van der Waals surface area contributed by atoms with Crippen molar-refractivity contribution in [2.45, 2.75) is 18.2 Å². The molecule has 0 aromatic heterocycles. The number of carbonyl (C=O) groups excluding carboxylic acids is 2. The Morgan fingerprint density at radius 1 is 1.00 bits per heavy atom. The Kier molecular flexibility index (Phi) is 7.86. The number of nitro benzene ring substituents is 1. The second-order valence-corrected chi connectivity index (χ2v) is 8.46. The van der Waals surface area contributed by atoms with Crippen LogP contribution in [0.3, 0.4) is 0 Å². The summed E-state index contributed by atoms with van der Waals surface area (Å²) in [4.78, 5) is 35.9. The summed E-state index contributed by atoms with van der Waals surface area (Å²) in [6.07, 6.45) is 0.222. The van der Waals surface area contributed by atoms with Gasteiger partial charge in [-0.1, -0.05) is 35.9 Å². The molecule has 2 N–H and O–H groups in total. The Bertz CT molecular complexity index is 1150. The predicted molar refractivity (Wildman–Crippen MR) is 127 cm³/mol. The Labute approximate surface area is 194 Å². The summed E-state index contributed by atoms with van der Waals surface area (Å²) in [5.74, 6) is -0.325. The van der Waals surface area contributed by atoms with E-state index in [0.717, 1.165) is 16.0 Å². The molecule has 0 aliphatic rings. The van der Waals surface area contributed by atoms with Gasteiger partial charge in [0.1, 0.15) is 0 Å². The molecule has 0 unspecified atom stereocenters. The van der Waals surface area contributed by atoms with Crippen molar-refractivity contribution in [3.63, 3.8) is 0 Å². The summed E-state index contributed by atoms with van der Waals surface area (Å²) >= 11 is 7.16. The lowest BCUT2D eigenvalue weighted by molar-refractivity contribution is -0.384. The van der Waals surface area contributed by atoms with Crippen LogP contribution in [0.2, 0.25) is 5.02 Å². The molecule has 7 nitrogen and oxygen atoms in total. The minimum atomic E-state index is -0.503. The van der Waals surface area contributed by atoms with Gasteiger partial charge in [0.2, 0.25) is 11.8 Å². The molecule has 0 radical (unpaired) electrons. The number of rotatable bonds is 8. The molecule has 0 bridgehead atoms. The molecule has 0 atom stereocenters. The highest BCUT2D eigenvalue weighted by molar-refractivity contribution is 8.00. The van der Waals surface area contributed by atoms with E-state index in [0.29, 0.717) is 16.4 Å². The molecule has 2 amide bonds. The molecule has 0 aliphatic carbocycles. The minimum Gasteiger partial charge on any atom is -0.326 e. The molecule has 3 aromatic carbocycles. The fourth-order valence-corrected chi connectivity index (χ4v) is 3.73. The third-order valence-electron chi connectivity index (χ3n) is 4.47. The van der Waals surface area contributed by atoms with Crippen molar-refractivity contribution in [1.82, 2.24) is 0 Å². The average Bonchev–Trinajstić information content (AvgIpc) is 2.75. The molecule has 0 heterocycles. The normalized spacial score (nSPS) is 10.4. The number of thioether (sulfide) groups is 1. The molecule has 32 heavy (non-hydrogen) atoms. The summed E-state index contributed by atoms with van der Waals surface area (Å²) in [7, 11) is 0. The number of nitrogens with zero attached hydrogens (tertiary/aromatic N) is 1. The number of halogens is 1. The van der Waals surface area contributed by atoms with Crippen molar-refractivity contribution in [3.8, 4) is 0 Å². The third-order valence-corrected chi connectivity index (χ3v) is 5.72. The second kappa shape index (κ2) is 10.8. The summed E-state index contributed by atoms with van der Waals surface area (Å²) in [6, 6.07) is 18.6. The maximum Gasteiger partial charge on any atom is 0.271 e. The summed E-state index contributed by atoms with van der Waals surface area (Å²) in [6.45, 7) is 1.77. The number of anilines is 2. The van der Waals surface area contributed by atoms with Crippen LogP contribution in [0.5, 0.6) is 0 Å². The Morgan fingerprint density at radius 2 is 1.75 bits per heavy atom. The van der Waals surface area contributed by atoms with E-state index >= 15 is 0 Å². The summed E-state index contributed by atoms with van der Waals surface area (Å²) < 4.78 is 0. The molecule has 3 rings (SSSR count). The van der Waals surface area contributed by atoms with Gasteiger partial charge in [0.25, 0.3) is 5.69 Å². The third kappa shape index (κ3) is 6.83. The van der Waals surface area contributed by atoms with Crippen LogP contribution in [0, 0.1) is 17.0 Å². The molecule has 0 fully saturated rings. The van der Waals surface area contributed by atoms with Crippen LogP contribution in [0.1, 0.15) is 11.1 Å². The number of hydrogen-bond donors (Lipinski definition) is 2. The van der Waals surface area contributed by atoms with E-state index in [1.165, 1.54) is 23.9 Å². The van der Waals surface area contributed by atoms with Crippen molar-refractivity contribution in [2.24, 2.45) is 0 Å². The first kappa shape index (κ1) is 23.3. The van der Waals surface area contributed by atoms with Crippen LogP contribution >= 0.6 is 23.4 Å². The van der Waals surface area contributed by atoms with Crippen molar-refractivity contribution in [1.29, 1.82) is 0 Å². The molecule has 164 valence electrons. The minimum absolute atomic E-state index is 0.0828. The number of hydrogen-bond acceptors (Lipinski definition) is 5. The van der Waals surface area contributed by atoms with Gasteiger partial charge >= 0.3 is 0 Å². The maximum absolute atomic E-state index is 12.3. The first-order valence-electron chi connectivity index (χ1n) is 9.62. The van der Waals surface area contributed by atoms with E-state index in [1.54, 1.807) is 55.5 Å². The van der Waals surface area contributed by atoms with Gasteiger partial charge in [-0.15, -0.1) is 11.8 Å². The van der Waals surface area contributed by atoms with Gasteiger partial charge in [0.15, 0.2) is 0 Å². The smallest absolute Gasteiger partial charge is 0.271 e. The van der Waals surface area contributed by atoms with Gasteiger partial charge in [-0.2, -0.15) is 0 Å². The zero-order valence-corrected chi connectivity index (χ0v) is 18.7. The largest absolute Gasteiger partial charge is 0.326 e. The Balaban J connectivity index is 1.55. The quantitative estimate of drug-likeness (QED) is 0.259. The number of non-ortho nitro benzene ring substituents is 1. The van der Waals surface area contributed by atoms with Crippen LogP contribution < -0.4 is 10.6 Å². The molecular formula is C23H20ClN3O4S. The lowest BCUT2D eigenvalue weighted by Crippen LogP contribution is -2.15. The van der Waals surface area contributed by atoms with Crippen molar-refractivity contribution >= 4 is 52.2 Å². The highest BCUT2D eigenvalue weighted by atomic mass is 35.5. The van der Waals surface area contributed by atoms with Crippen molar-refractivity contribution < 1.29 is 14.5 Å². The number of nitro groups is 1. The Morgan fingerprint density at radius 3 is 2.47 bits per heavy atom. The van der Waals surface area contributed by atoms with E-state index in [1.807, 2.05) is 6.07 Å². The molecule has 3 aromatic rings. The lowest BCUT2D eigenvalue weighted by Gasteiger charge is -2.09. The number of amides is 2. The van der Waals surface area contributed by atoms with Gasteiger partial charge in [-0.3, -0.25) is 19.7 Å². The number of nitrogens with one attached hydrogen (secondary N) is 2. The van der Waals surface area contributed by atoms with Gasteiger partial charge in [0.05, 0.1) is 22.8 Å². The average molecular weight is 470 g/mol. The fourth-order valence-electron chi connectivity index (χ4n) is 2.85. The van der Waals surface area contributed by atoms with Crippen LogP contribution in [0.25, 0.3) is 0 Å². The zero-order chi connectivity index (χ0) is 23.1. The monoisotopic (exact) mass is 469 g/mol. The SMILES string of the molecule is Cc1ccc([N+](=O)[O-])cc1NC(=O)CSc1cccc(NC(=O)Cc2ccc(Cl)cc2)c1. The zero-order valence-electron chi connectivity index (χ0n) is 17.1. The summed E-state index contributed by atoms with van der Waals surface area (Å²) in [5.41, 5.74) is 2.54. The molecule has 9 heteroatoms. The van der Waals surface area contributed by atoms with E-state index < -0.39 is 4.92 Å². The standard InChI is InChI=1S/C23H20ClN3O4S/c1-15-5-10-19(27(30)31)13-21(15)26-23(29)14-32-20-4-2-3-18(12-20)25-22(28)11-16-6-8-17(24)9-7-16/h2-10,12-13H,11,14H2,1H3,(H,25,28)(H,26,29). The van der Waals surface area contributed by atoms with Gasteiger partial charge < -0.3 is 10.6 Å². The van der Waals surface area contributed by atoms with Gasteiger partial charge in [-0.05, 0) is 48.4 Å². The molecule has 0 spiro atoms. The van der Waals surface area contributed by atoms with Crippen molar-refractivity contribution in [2.75, 3.05) is 16.4 Å². The molecule has 0 aliphatic heterocycles. The molecule has 0 saturated heterocycles. The lowest BCUT2D eigenvalue weighted by atomic mass is 10.1. The second-order valence-electron chi connectivity index (χ2n) is 6.97. The van der Waals surface area contributed by atoms with Crippen LogP contribution in [0.4, 0.5) is 17.1 Å². The highest BCUT2D eigenvalue weighted by Crippen LogP contribution is 2.24. The highest BCUT2D eigenvalue weighted by Gasteiger charge is 2.12.